The first-order chi connectivity index (χ1) is 13.8. The topological polar surface area (TPSA) is 54.9 Å². The van der Waals surface area contributed by atoms with Crippen molar-refractivity contribution in [2.24, 2.45) is 4.99 Å². The van der Waals surface area contributed by atoms with Crippen molar-refractivity contribution in [1.29, 1.82) is 0 Å². The number of nitrogens with zero attached hydrogens (tertiary/aromatic N) is 1. The Morgan fingerprint density at radius 2 is 1.69 bits per heavy atom. The molecule has 0 aliphatic heterocycles. The van der Waals surface area contributed by atoms with E-state index in [1.54, 1.807) is 19.1 Å². The molecule has 0 aromatic heterocycles. The molecule has 0 amide bonds. The molecule has 2 rings (SSSR count). The third-order valence-electron chi connectivity index (χ3n) is 4.16. The van der Waals surface area contributed by atoms with Crippen LogP contribution >= 0.6 is 12.2 Å². The van der Waals surface area contributed by atoms with Gasteiger partial charge in [0.25, 0.3) is 0 Å². The molecule has 0 saturated heterocycles. The molecule has 0 radical (unpaired) electrons. The van der Waals surface area contributed by atoms with Crippen molar-refractivity contribution >= 4 is 29.4 Å². The van der Waals surface area contributed by atoms with Gasteiger partial charge in [0.05, 0.1) is 6.61 Å². The first kappa shape index (κ1) is 22.8. The lowest BCUT2D eigenvalue weighted by Crippen LogP contribution is -2.34. The summed E-state index contributed by atoms with van der Waals surface area (Å²) in [6.45, 7) is 9.76. The van der Waals surface area contributed by atoms with Crippen LogP contribution < -0.4 is 10.6 Å². The molecule has 0 saturated carbocycles. The van der Waals surface area contributed by atoms with Gasteiger partial charge in [-0.25, -0.2) is 9.38 Å². The van der Waals surface area contributed by atoms with E-state index in [4.69, 9.17) is 12.2 Å². The van der Waals surface area contributed by atoms with Crippen molar-refractivity contribution in [2.45, 2.75) is 46.2 Å². The second kappa shape index (κ2) is 10.9. The van der Waals surface area contributed by atoms with Gasteiger partial charge in [-0.05, 0) is 53.4 Å². The van der Waals surface area contributed by atoms with Crippen LogP contribution in [0.2, 0.25) is 0 Å². The Morgan fingerprint density at radius 3 is 2.28 bits per heavy atom. The van der Waals surface area contributed by atoms with Crippen molar-refractivity contribution in [2.75, 3.05) is 6.61 Å². The van der Waals surface area contributed by atoms with Gasteiger partial charge in [-0.3, -0.25) is 0 Å². The third kappa shape index (κ3) is 7.79. The van der Waals surface area contributed by atoms with Crippen LogP contribution in [-0.4, -0.2) is 18.1 Å². The Bertz CT molecular complexity index is 833. The summed E-state index contributed by atoms with van der Waals surface area (Å²) < 4.78 is 14.1. The van der Waals surface area contributed by atoms with Gasteiger partial charge in [0.15, 0.2) is 5.11 Å². The van der Waals surface area contributed by atoms with E-state index in [-0.39, 0.29) is 11.1 Å². The largest absolute Gasteiger partial charge is 0.359 e. The van der Waals surface area contributed by atoms with E-state index in [1.165, 1.54) is 11.6 Å². The van der Waals surface area contributed by atoms with E-state index in [2.05, 4.69) is 70.4 Å². The van der Waals surface area contributed by atoms with Crippen LogP contribution in [0.3, 0.4) is 0 Å². The van der Waals surface area contributed by atoms with Gasteiger partial charge in [0, 0.05) is 13.1 Å². The van der Waals surface area contributed by atoms with Gasteiger partial charge in [0.1, 0.15) is 11.5 Å². The van der Waals surface area contributed by atoms with Gasteiger partial charge in [-0.2, -0.15) is 4.89 Å². The Kier molecular flexibility index (Phi) is 8.54. The molecule has 29 heavy (non-hydrogen) atoms. The summed E-state index contributed by atoms with van der Waals surface area (Å²) in [4.78, 5) is 13.2. The average molecular weight is 418 g/mol. The summed E-state index contributed by atoms with van der Waals surface area (Å²) in [5.74, 6) is -0.446. The fraction of sp³-hybridized carbons (Fsp3) is 0.364. The van der Waals surface area contributed by atoms with E-state index >= 15 is 0 Å². The number of hydrogen-bond acceptors (Lipinski definition) is 4. The maximum Gasteiger partial charge on any atom is 0.220 e. The second-order valence-electron chi connectivity index (χ2n) is 7.51. The SMILES string of the molecule is CCOO/C=N\c1ccc(CNC(=S)NCc2ccc(C(C)(C)C)cc2)cc1F. The smallest absolute Gasteiger partial charge is 0.220 e. The van der Waals surface area contributed by atoms with Crippen molar-refractivity contribution < 1.29 is 14.2 Å². The van der Waals surface area contributed by atoms with Gasteiger partial charge in [-0.1, -0.05) is 51.1 Å². The standard InChI is InChI=1S/C22H28FN3O2S/c1-5-27-28-15-26-20-11-8-17(12-19(20)23)14-25-21(29)24-13-16-6-9-18(10-7-16)22(2,3)4/h6-12,15H,5,13-14H2,1-4H3,(H2,24,25,29)/b26-15-. The minimum Gasteiger partial charge on any atom is -0.359 e. The van der Waals surface area contributed by atoms with Gasteiger partial charge in [0.2, 0.25) is 6.40 Å². The lowest BCUT2D eigenvalue weighted by Gasteiger charge is -2.19. The van der Waals surface area contributed by atoms with E-state index in [0.717, 1.165) is 17.5 Å². The van der Waals surface area contributed by atoms with Crippen LogP contribution in [0.1, 0.15) is 44.4 Å². The Labute approximate surface area is 177 Å². The summed E-state index contributed by atoms with van der Waals surface area (Å²) in [6, 6.07) is 13.2. The fourth-order valence-electron chi connectivity index (χ4n) is 2.49. The van der Waals surface area contributed by atoms with Crippen LogP contribution in [0, 0.1) is 5.82 Å². The molecule has 0 atom stereocenters. The molecule has 5 nitrogen and oxygen atoms in total. The number of benzene rings is 2. The van der Waals surface area contributed by atoms with Crippen LogP contribution in [0.4, 0.5) is 10.1 Å². The lowest BCUT2D eigenvalue weighted by atomic mass is 9.87. The molecule has 0 aliphatic carbocycles. The van der Waals surface area contributed by atoms with Crippen LogP contribution in [0.5, 0.6) is 0 Å². The summed E-state index contributed by atoms with van der Waals surface area (Å²) >= 11 is 5.31. The normalized spacial score (nSPS) is 11.5. The molecule has 2 N–H and O–H groups in total. The lowest BCUT2D eigenvalue weighted by molar-refractivity contribution is -0.211. The Hall–Kier alpha value is -2.51. The van der Waals surface area contributed by atoms with Crippen LogP contribution in [0.15, 0.2) is 47.5 Å². The number of rotatable bonds is 8. The highest BCUT2D eigenvalue weighted by atomic mass is 32.1. The molecule has 156 valence electrons. The third-order valence-corrected chi connectivity index (χ3v) is 4.45. The maximum absolute atomic E-state index is 14.1. The molecule has 0 spiro atoms. The van der Waals surface area contributed by atoms with E-state index in [0.29, 0.717) is 24.8 Å². The predicted octanol–water partition coefficient (Wildman–Crippen LogP) is 4.92. The zero-order valence-corrected chi connectivity index (χ0v) is 18.1. The molecule has 0 fully saturated rings. The molecule has 0 unspecified atom stereocenters. The monoisotopic (exact) mass is 417 g/mol. The van der Waals surface area contributed by atoms with Crippen molar-refractivity contribution in [3.05, 3.63) is 65.0 Å². The van der Waals surface area contributed by atoms with Gasteiger partial charge < -0.3 is 15.5 Å². The average Bonchev–Trinajstić information content (AvgIpc) is 2.69. The van der Waals surface area contributed by atoms with Gasteiger partial charge >= 0.3 is 0 Å². The first-order valence-corrected chi connectivity index (χ1v) is 9.90. The summed E-state index contributed by atoms with van der Waals surface area (Å²) in [6.07, 6.45) is 1.06. The summed E-state index contributed by atoms with van der Waals surface area (Å²) in [5, 5.41) is 6.76. The van der Waals surface area contributed by atoms with Gasteiger partial charge in [-0.15, -0.1) is 0 Å². The number of hydrogen-bond donors (Lipinski definition) is 2. The highest BCUT2D eigenvalue weighted by molar-refractivity contribution is 7.80. The van der Waals surface area contributed by atoms with E-state index < -0.39 is 5.82 Å². The molecule has 0 heterocycles. The zero-order chi connectivity index (χ0) is 21.3. The minimum atomic E-state index is -0.446. The summed E-state index contributed by atoms with van der Waals surface area (Å²) in [5.41, 5.74) is 3.50. The zero-order valence-electron chi connectivity index (χ0n) is 17.3. The number of thiocarbonyl (C=S) groups is 1. The van der Waals surface area contributed by atoms with E-state index in [9.17, 15) is 4.39 Å². The number of halogens is 1. The van der Waals surface area contributed by atoms with Crippen molar-refractivity contribution in [3.8, 4) is 0 Å². The molecule has 0 aliphatic rings. The predicted molar refractivity (Wildman–Crippen MR) is 119 cm³/mol. The fourth-order valence-corrected chi connectivity index (χ4v) is 2.64. The van der Waals surface area contributed by atoms with Crippen molar-refractivity contribution in [3.63, 3.8) is 0 Å². The first-order valence-electron chi connectivity index (χ1n) is 9.50. The summed E-state index contributed by atoms with van der Waals surface area (Å²) in [7, 11) is 0. The molecular weight excluding hydrogens is 389 g/mol. The molecule has 0 bridgehead atoms. The highest BCUT2D eigenvalue weighted by Gasteiger charge is 2.12. The van der Waals surface area contributed by atoms with E-state index in [1.807, 2.05) is 0 Å². The maximum atomic E-state index is 14.1. The van der Waals surface area contributed by atoms with Crippen LogP contribution in [-0.2, 0) is 28.3 Å². The Balaban J connectivity index is 1.80. The highest BCUT2D eigenvalue weighted by Crippen LogP contribution is 2.22. The molecule has 7 heteroatoms. The van der Waals surface area contributed by atoms with Crippen LogP contribution in [0.25, 0.3) is 0 Å². The molecule has 2 aromatic rings. The molecular formula is C22H28FN3O2S. The number of nitrogens with one attached hydrogen (secondary N) is 2. The quantitative estimate of drug-likeness (QED) is 0.160. The number of aliphatic imine (C=N–C) groups is 1. The minimum absolute atomic E-state index is 0.134. The second-order valence-corrected chi connectivity index (χ2v) is 7.91. The van der Waals surface area contributed by atoms with Crippen molar-refractivity contribution in [1.82, 2.24) is 10.6 Å². The molecule has 2 aromatic carbocycles. The Morgan fingerprint density at radius 1 is 1.07 bits per heavy atom.